The maximum absolute atomic E-state index is 13.2. The number of hydrogen-bond acceptors (Lipinski definition) is 7. The maximum Gasteiger partial charge on any atom is 0.471 e. The quantitative estimate of drug-likeness (QED) is 0.286. The van der Waals surface area contributed by atoms with E-state index in [4.69, 9.17) is 4.42 Å². The molecule has 1 N–H and O–H groups in total. The molecule has 4 heterocycles. The predicted octanol–water partition coefficient (Wildman–Crippen LogP) is 5.48. The van der Waals surface area contributed by atoms with Crippen LogP contribution < -0.4 is 10.2 Å². The molecule has 0 atom stereocenters. The molecule has 0 spiro atoms. The number of carbonyl (C=O) groups is 2. The van der Waals surface area contributed by atoms with Crippen molar-refractivity contribution in [2.45, 2.75) is 26.1 Å². The summed E-state index contributed by atoms with van der Waals surface area (Å²) < 4.78 is 46.2. The third-order valence-electron chi connectivity index (χ3n) is 5.93. The van der Waals surface area contributed by atoms with Crippen LogP contribution in [0.15, 0.2) is 65.5 Å². The topological polar surface area (TPSA) is 106 Å². The molecule has 2 amide bonds. The molecule has 0 bridgehead atoms. The van der Waals surface area contributed by atoms with Crippen molar-refractivity contribution in [1.29, 1.82) is 0 Å². The SMILES string of the molecule is Cc1ncc(-c2ccc(C(=O)Nc3nc4cc(N(C)C(=O)C(F)(F)F)ccc4n3CCc3cccnc3)s2)o1. The number of anilines is 2. The van der Waals surface area contributed by atoms with Crippen molar-refractivity contribution in [3.8, 4) is 10.6 Å². The summed E-state index contributed by atoms with van der Waals surface area (Å²) in [7, 11) is 1.05. The lowest BCUT2D eigenvalue weighted by molar-refractivity contribution is -0.170. The zero-order valence-electron chi connectivity index (χ0n) is 20.7. The number of halogens is 3. The number of pyridine rings is 1. The van der Waals surface area contributed by atoms with E-state index in [1.54, 1.807) is 48.3 Å². The van der Waals surface area contributed by atoms with Gasteiger partial charge < -0.3 is 13.9 Å². The molecule has 0 fully saturated rings. The summed E-state index contributed by atoms with van der Waals surface area (Å²) in [6.45, 7) is 2.13. The van der Waals surface area contributed by atoms with Crippen LogP contribution in [0.1, 0.15) is 21.1 Å². The summed E-state index contributed by atoms with van der Waals surface area (Å²) in [5, 5.41) is 2.82. The minimum Gasteiger partial charge on any atom is -0.440 e. The van der Waals surface area contributed by atoms with Gasteiger partial charge >= 0.3 is 12.1 Å². The molecule has 0 aliphatic carbocycles. The molecule has 0 radical (unpaired) electrons. The van der Waals surface area contributed by atoms with Crippen LogP contribution in [-0.4, -0.2) is 44.6 Å². The zero-order valence-corrected chi connectivity index (χ0v) is 21.5. The lowest BCUT2D eigenvalue weighted by atomic mass is 10.2. The van der Waals surface area contributed by atoms with Crippen molar-refractivity contribution < 1.29 is 27.2 Å². The van der Waals surface area contributed by atoms with Gasteiger partial charge in [-0.1, -0.05) is 6.07 Å². The molecule has 5 rings (SSSR count). The second kappa shape index (κ2) is 10.3. The van der Waals surface area contributed by atoms with Crippen LogP contribution in [0.5, 0.6) is 0 Å². The standard InChI is InChI=1S/C26H21F3N6O3S/c1-15-31-14-20(38-15)21-7-8-22(39-21)23(36)33-25-32-18-12-17(34(2)24(37)26(27,28)29)5-6-19(18)35(25)11-9-16-4-3-10-30-13-16/h3-8,10,12-14H,9,11H2,1-2H3,(H,32,33,36). The molecule has 39 heavy (non-hydrogen) atoms. The highest BCUT2D eigenvalue weighted by atomic mass is 32.1. The number of thiophene rings is 1. The van der Waals surface area contributed by atoms with Gasteiger partial charge in [-0.25, -0.2) is 9.97 Å². The van der Waals surface area contributed by atoms with Gasteiger partial charge in [-0.05, 0) is 48.4 Å². The zero-order chi connectivity index (χ0) is 27.7. The van der Waals surface area contributed by atoms with E-state index in [1.165, 1.54) is 23.5 Å². The van der Waals surface area contributed by atoms with Gasteiger partial charge in [-0.2, -0.15) is 13.2 Å². The number of hydrogen-bond donors (Lipinski definition) is 1. The second-order valence-corrected chi connectivity index (χ2v) is 9.68. The molecular weight excluding hydrogens is 533 g/mol. The Balaban J connectivity index is 1.46. The van der Waals surface area contributed by atoms with Gasteiger partial charge in [0.1, 0.15) is 0 Å². The second-order valence-electron chi connectivity index (χ2n) is 8.59. The number of alkyl halides is 3. The average molecular weight is 555 g/mol. The van der Waals surface area contributed by atoms with Crippen LogP contribution in [-0.2, 0) is 17.8 Å². The first kappa shape index (κ1) is 26.1. The molecule has 0 saturated heterocycles. The average Bonchev–Trinajstić information content (AvgIpc) is 3.64. The van der Waals surface area contributed by atoms with Gasteiger partial charge in [0.05, 0.1) is 27.0 Å². The fourth-order valence-electron chi connectivity index (χ4n) is 3.97. The smallest absolute Gasteiger partial charge is 0.440 e. The highest BCUT2D eigenvalue weighted by molar-refractivity contribution is 7.17. The molecule has 9 nitrogen and oxygen atoms in total. The van der Waals surface area contributed by atoms with Gasteiger partial charge in [-0.15, -0.1) is 11.3 Å². The number of imidazole rings is 1. The first-order valence-electron chi connectivity index (χ1n) is 11.7. The number of aryl methyl sites for hydroxylation is 3. The summed E-state index contributed by atoms with van der Waals surface area (Å²) in [4.78, 5) is 39.2. The molecule has 13 heteroatoms. The molecular formula is C26H21F3N6O3S. The van der Waals surface area contributed by atoms with Crippen LogP contribution in [0.2, 0.25) is 0 Å². The monoisotopic (exact) mass is 554 g/mol. The molecule has 1 aromatic carbocycles. The Hall–Kier alpha value is -4.52. The molecule has 0 saturated carbocycles. The van der Waals surface area contributed by atoms with E-state index in [0.717, 1.165) is 17.5 Å². The maximum atomic E-state index is 13.2. The van der Waals surface area contributed by atoms with Gasteiger partial charge in [0.2, 0.25) is 5.95 Å². The number of aromatic nitrogens is 4. The largest absolute Gasteiger partial charge is 0.471 e. The highest BCUT2D eigenvalue weighted by Gasteiger charge is 2.41. The van der Waals surface area contributed by atoms with Crippen molar-refractivity contribution in [2.75, 3.05) is 17.3 Å². The van der Waals surface area contributed by atoms with E-state index >= 15 is 0 Å². The van der Waals surface area contributed by atoms with E-state index in [1.807, 2.05) is 12.1 Å². The Kier molecular flexibility index (Phi) is 6.91. The van der Waals surface area contributed by atoms with Crippen LogP contribution >= 0.6 is 11.3 Å². The lowest BCUT2D eigenvalue weighted by Gasteiger charge is -2.18. The van der Waals surface area contributed by atoms with Crippen molar-refractivity contribution in [3.63, 3.8) is 0 Å². The Morgan fingerprint density at radius 3 is 2.67 bits per heavy atom. The van der Waals surface area contributed by atoms with Gasteiger partial charge in [0.25, 0.3) is 5.91 Å². The number of amides is 2. The Bertz CT molecular complexity index is 1660. The number of nitrogens with zero attached hydrogens (tertiary/aromatic N) is 5. The van der Waals surface area contributed by atoms with Gasteiger partial charge in [-0.3, -0.25) is 19.9 Å². The van der Waals surface area contributed by atoms with Crippen molar-refractivity contribution in [3.05, 3.63) is 77.4 Å². The lowest BCUT2D eigenvalue weighted by Crippen LogP contribution is -2.38. The summed E-state index contributed by atoms with van der Waals surface area (Å²) >= 11 is 1.22. The number of carbonyl (C=O) groups excluding carboxylic acids is 2. The Morgan fingerprint density at radius 1 is 1.15 bits per heavy atom. The summed E-state index contributed by atoms with van der Waals surface area (Å²) in [6.07, 6.45) is 0.516. The molecule has 0 unspecified atom stereocenters. The number of rotatable bonds is 7. The van der Waals surface area contributed by atoms with E-state index in [-0.39, 0.29) is 11.6 Å². The predicted molar refractivity (Wildman–Crippen MR) is 140 cm³/mol. The normalized spacial score (nSPS) is 11.6. The fraction of sp³-hybridized carbons (Fsp3) is 0.192. The minimum absolute atomic E-state index is 0.0184. The van der Waals surface area contributed by atoms with Crippen molar-refractivity contribution in [1.82, 2.24) is 19.5 Å². The minimum atomic E-state index is -5.02. The number of oxazole rings is 1. The van der Waals surface area contributed by atoms with Crippen molar-refractivity contribution in [2.24, 2.45) is 0 Å². The summed E-state index contributed by atoms with van der Waals surface area (Å²) in [5.74, 6) is -1.14. The van der Waals surface area contributed by atoms with E-state index in [2.05, 4.69) is 20.3 Å². The first-order chi connectivity index (χ1) is 18.6. The van der Waals surface area contributed by atoms with Crippen LogP contribution in [0.3, 0.4) is 0 Å². The third kappa shape index (κ3) is 5.53. The number of benzene rings is 1. The molecule has 0 aliphatic rings. The van der Waals surface area contributed by atoms with E-state index < -0.39 is 18.0 Å². The molecule has 0 aliphatic heterocycles. The first-order valence-corrected chi connectivity index (χ1v) is 12.5. The Labute approximate surface area is 223 Å². The highest BCUT2D eigenvalue weighted by Crippen LogP contribution is 2.31. The number of fused-ring (bicyclic) bond motifs is 1. The van der Waals surface area contributed by atoms with Gasteiger partial charge in [0.15, 0.2) is 11.7 Å². The van der Waals surface area contributed by atoms with Crippen LogP contribution in [0.4, 0.5) is 24.8 Å². The van der Waals surface area contributed by atoms with Gasteiger partial charge in [0, 0.05) is 38.6 Å². The number of nitrogens with one attached hydrogen (secondary N) is 1. The Morgan fingerprint density at radius 2 is 1.97 bits per heavy atom. The van der Waals surface area contributed by atoms with Crippen molar-refractivity contribution >= 4 is 45.8 Å². The van der Waals surface area contributed by atoms with Crippen LogP contribution in [0.25, 0.3) is 21.7 Å². The van der Waals surface area contributed by atoms with E-state index in [0.29, 0.717) is 45.4 Å². The third-order valence-corrected chi connectivity index (χ3v) is 7.03. The van der Waals surface area contributed by atoms with Crippen LogP contribution in [0, 0.1) is 6.92 Å². The summed E-state index contributed by atoms with van der Waals surface area (Å²) in [6, 6.07) is 11.5. The summed E-state index contributed by atoms with van der Waals surface area (Å²) in [5.41, 5.74) is 1.87. The molecule has 5 aromatic rings. The molecule has 4 aromatic heterocycles. The fourth-order valence-corrected chi connectivity index (χ4v) is 4.82. The molecule has 200 valence electrons. The van der Waals surface area contributed by atoms with E-state index in [9.17, 15) is 22.8 Å².